The predicted molar refractivity (Wildman–Crippen MR) is 69.8 cm³/mol. The van der Waals surface area contributed by atoms with E-state index in [1.807, 2.05) is 32.5 Å². The minimum atomic E-state index is -1.58. The highest BCUT2D eigenvalue weighted by Gasteiger charge is 2.35. The molecule has 1 rings (SSSR count). The average Bonchev–Trinajstić information content (AvgIpc) is 2.68. The fourth-order valence-corrected chi connectivity index (χ4v) is 4.40. The van der Waals surface area contributed by atoms with E-state index in [1.54, 1.807) is 0 Å². The Kier molecular flexibility index (Phi) is 4.83. The number of nitrogens with zero attached hydrogens (tertiary/aromatic N) is 1. The third kappa shape index (κ3) is 2.99. The van der Waals surface area contributed by atoms with Gasteiger partial charge in [0, 0.05) is 18.3 Å². The van der Waals surface area contributed by atoms with Crippen LogP contribution in [-0.2, 0) is 4.74 Å². The Bertz CT molecular complexity index is 281. The lowest BCUT2D eigenvalue weighted by molar-refractivity contribution is 0.180. The summed E-state index contributed by atoms with van der Waals surface area (Å²) in [5.74, 6) is 0.815. The lowest BCUT2D eigenvalue weighted by Gasteiger charge is -2.35. The van der Waals surface area contributed by atoms with E-state index in [1.165, 1.54) is 0 Å². The zero-order valence-electron chi connectivity index (χ0n) is 10.5. The van der Waals surface area contributed by atoms with Gasteiger partial charge in [0.25, 0.3) is 0 Å². The van der Waals surface area contributed by atoms with Crippen LogP contribution in [0.3, 0.4) is 0 Å². The SMILES string of the molecule is CCOC(=O)S1(CC(C)N(C)C)C=CCN1. The number of carbonyl (C=O) groups is 1. The molecule has 5 heteroatoms. The van der Waals surface area contributed by atoms with Gasteiger partial charge in [0.2, 0.25) is 0 Å². The van der Waals surface area contributed by atoms with E-state index in [0.29, 0.717) is 12.6 Å². The van der Waals surface area contributed by atoms with Gasteiger partial charge in [-0.1, -0.05) is 16.3 Å². The molecule has 16 heavy (non-hydrogen) atoms. The van der Waals surface area contributed by atoms with Crippen LogP contribution in [0.15, 0.2) is 11.5 Å². The quantitative estimate of drug-likeness (QED) is 0.770. The van der Waals surface area contributed by atoms with Crippen molar-refractivity contribution in [1.29, 1.82) is 0 Å². The average molecular weight is 246 g/mol. The van der Waals surface area contributed by atoms with Crippen LogP contribution in [0, 0.1) is 0 Å². The summed E-state index contributed by atoms with van der Waals surface area (Å²) >= 11 is 0. The Balaban J connectivity index is 2.73. The summed E-state index contributed by atoms with van der Waals surface area (Å²) in [5, 5.41) is 1.93. The molecule has 1 heterocycles. The summed E-state index contributed by atoms with van der Waals surface area (Å²) in [6.07, 6.45) is 2.02. The summed E-state index contributed by atoms with van der Waals surface area (Å²) in [6, 6.07) is 0.356. The van der Waals surface area contributed by atoms with E-state index in [9.17, 15) is 4.79 Å². The number of nitrogens with one attached hydrogen (secondary N) is 1. The van der Waals surface area contributed by atoms with Crippen molar-refractivity contribution in [2.45, 2.75) is 19.9 Å². The molecule has 0 bridgehead atoms. The normalized spacial score (nSPS) is 30.1. The first-order valence-corrected chi connectivity index (χ1v) is 7.44. The highest BCUT2D eigenvalue weighted by atomic mass is 32.3. The maximum Gasteiger partial charge on any atom is 0.365 e. The summed E-state index contributed by atoms with van der Waals surface area (Å²) < 4.78 is 8.49. The summed E-state index contributed by atoms with van der Waals surface area (Å²) in [4.78, 5) is 14.1. The lowest BCUT2D eigenvalue weighted by atomic mass is 10.4. The van der Waals surface area contributed by atoms with Crippen molar-refractivity contribution in [3.63, 3.8) is 0 Å². The maximum atomic E-state index is 12.0. The second kappa shape index (κ2) is 5.70. The molecular weight excluding hydrogens is 224 g/mol. The molecule has 0 spiro atoms. The van der Waals surface area contributed by atoms with Crippen LogP contribution >= 0.6 is 10.2 Å². The Hall–Kier alpha value is -0.520. The first-order chi connectivity index (χ1) is 7.52. The molecule has 1 N–H and O–H groups in total. The van der Waals surface area contributed by atoms with Crippen LogP contribution in [0.25, 0.3) is 0 Å². The van der Waals surface area contributed by atoms with Crippen molar-refractivity contribution < 1.29 is 9.53 Å². The van der Waals surface area contributed by atoms with Gasteiger partial charge >= 0.3 is 5.30 Å². The van der Waals surface area contributed by atoms with Crippen LogP contribution in [0.1, 0.15) is 13.8 Å². The van der Waals surface area contributed by atoms with Crippen LogP contribution in [0.4, 0.5) is 4.79 Å². The molecule has 0 aromatic rings. The molecule has 94 valence electrons. The largest absolute Gasteiger partial charge is 0.458 e. The van der Waals surface area contributed by atoms with Gasteiger partial charge in [0.05, 0.1) is 6.61 Å². The molecule has 0 aromatic carbocycles. The van der Waals surface area contributed by atoms with Gasteiger partial charge in [-0.05, 0) is 33.4 Å². The van der Waals surface area contributed by atoms with Crippen molar-refractivity contribution in [1.82, 2.24) is 9.62 Å². The van der Waals surface area contributed by atoms with Crippen LogP contribution in [0.2, 0.25) is 0 Å². The molecule has 0 radical (unpaired) electrons. The first kappa shape index (κ1) is 13.5. The van der Waals surface area contributed by atoms with E-state index < -0.39 is 10.2 Å². The number of hydrogen-bond donors (Lipinski definition) is 1. The molecule has 0 saturated heterocycles. The standard InChI is InChI=1S/C11H22N2O2S/c1-5-15-11(14)16(8-6-7-12-16)9-10(2)13(3)4/h6,8,10,12H,5,7,9H2,1-4H3. The van der Waals surface area contributed by atoms with Gasteiger partial charge in [-0.25, -0.2) is 4.79 Å². The molecule has 1 aliphatic heterocycles. The van der Waals surface area contributed by atoms with Crippen LogP contribution in [-0.4, -0.2) is 49.2 Å². The monoisotopic (exact) mass is 246 g/mol. The Morgan fingerprint density at radius 3 is 2.75 bits per heavy atom. The van der Waals surface area contributed by atoms with Crippen molar-refractivity contribution in [2.24, 2.45) is 0 Å². The Labute approximate surface area is 99.5 Å². The number of hydrogen-bond acceptors (Lipinski definition) is 4. The third-order valence-corrected chi connectivity index (χ3v) is 5.79. The number of ether oxygens (including phenoxy) is 1. The van der Waals surface area contributed by atoms with E-state index >= 15 is 0 Å². The van der Waals surface area contributed by atoms with Gasteiger partial charge in [0.1, 0.15) is 0 Å². The molecule has 0 aliphatic carbocycles. The molecule has 0 saturated carbocycles. The highest BCUT2D eigenvalue weighted by Crippen LogP contribution is 2.50. The predicted octanol–water partition coefficient (Wildman–Crippen LogP) is 1.93. The molecular formula is C11H22N2O2S. The van der Waals surface area contributed by atoms with Gasteiger partial charge in [-0.15, -0.1) is 0 Å². The fourth-order valence-electron chi connectivity index (χ4n) is 1.51. The van der Waals surface area contributed by atoms with Crippen molar-refractivity contribution in [2.75, 3.05) is 33.0 Å². The van der Waals surface area contributed by atoms with Crippen molar-refractivity contribution in [3.05, 3.63) is 11.5 Å². The fraction of sp³-hybridized carbons (Fsp3) is 0.727. The van der Waals surface area contributed by atoms with Gasteiger partial charge in [0.15, 0.2) is 0 Å². The van der Waals surface area contributed by atoms with Crippen LogP contribution < -0.4 is 4.72 Å². The minimum absolute atomic E-state index is 0.0857. The van der Waals surface area contributed by atoms with E-state index in [2.05, 4.69) is 16.5 Å². The molecule has 1 aliphatic rings. The van der Waals surface area contributed by atoms with E-state index in [4.69, 9.17) is 4.74 Å². The maximum absolute atomic E-state index is 12.0. The minimum Gasteiger partial charge on any atom is -0.458 e. The van der Waals surface area contributed by atoms with Gasteiger partial charge < -0.3 is 9.64 Å². The zero-order chi connectivity index (χ0) is 12.2. The lowest BCUT2D eigenvalue weighted by Crippen LogP contribution is -2.36. The number of rotatable bonds is 4. The summed E-state index contributed by atoms with van der Waals surface area (Å²) in [7, 11) is 2.48. The van der Waals surface area contributed by atoms with Crippen molar-refractivity contribution >= 4 is 15.5 Å². The van der Waals surface area contributed by atoms with Gasteiger partial charge in [-0.2, -0.15) is 0 Å². The Morgan fingerprint density at radius 1 is 1.62 bits per heavy atom. The molecule has 2 unspecified atom stereocenters. The third-order valence-electron chi connectivity index (χ3n) is 2.73. The highest BCUT2D eigenvalue weighted by molar-refractivity contribution is 8.45. The zero-order valence-corrected chi connectivity index (χ0v) is 11.3. The molecule has 0 aromatic heterocycles. The second-order valence-corrected chi connectivity index (χ2v) is 6.99. The molecule has 2 atom stereocenters. The molecule has 0 amide bonds. The van der Waals surface area contributed by atoms with Gasteiger partial charge in [-0.3, -0.25) is 4.72 Å². The molecule has 0 fully saturated rings. The first-order valence-electron chi connectivity index (χ1n) is 5.57. The smallest absolute Gasteiger partial charge is 0.365 e. The van der Waals surface area contributed by atoms with Crippen molar-refractivity contribution in [3.8, 4) is 0 Å². The van der Waals surface area contributed by atoms with Crippen LogP contribution in [0.5, 0.6) is 0 Å². The Morgan fingerprint density at radius 2 is 2.31 bits per heavy atom. The molecule has 4 nitrogen and oxygen atoms in total. The number of carbonyl (C=O) groups excluding carboxylic acids is 1. The van der Waals surface area contributed by atoms with E-state index in [-0.39, 0.29) is 5.30 Å². The summed E-state index contributed by atoms with van der Waals surface area (Å²) in [6.45, 7) is 5.19. The van der Waals surface area contributed by atoms with E-state index in [0.717, 1.165) is 12.3 Å². The summed E-state index contributed by atoms with van der Waals surface area (Å²) in [5.41, 5.74) is 0. The second-order valence-electron chi connectivity index (χ2n) is 4.18. The topological polar surface area (TPSA) is 41.6 Å².